The van der Waals surface area contributed by atoms with Crippen LogP contribution in [0, 0.1) is 5.92 Å². The number of piperidine rings is 1. The molecule has 3 rings (SSSR count). The Morgan fingerprint density at radius 1 is 1.37 bits per heavy atom. The first kappa shape index (κ1) is 12.4. The van der Waals surface area contributed by atoms with Crippen molar-refractivity contribution >= 4 is 11.1 Å². The maximum atomic E-state index is 11.1. The highest BCUT2D eigenvalue weighted by molar-refractivity contribution is 5.72. The van der Waals surface area contributed by atoms with Crippen molar-refractivity contribution in [2.75, 3.05) is 13.1 Å². The van der Waals surface area contributed by atoms with Gasteiger partial charge in [0, 0.05) is 6.04 Å². The van der Waals surface area contributed by atoms with Crippen LogP contribution in [0.2, 0.25) is 0 Å². The number of benzene rings is 1. The van der Waals surface area contributed by atoms with E-state index in [1.807, 2.05) is 18.2 Å². The van der Waals surface area contributed by atoms with Gasteiger partial charge in [-0.1, -0.05) is 6.07 Å². The Balaban J connectivity index is 1.76. The topological polar surface area (TPSA) is 84.0 Å². The van der Waals surface area contributed by atoms with E-state index in [1.54, 1.807) is 0 Å². The van der Waals surface area contributed by atoms with Crippen LogP contribution >= 0.6 is 0 Å². The first-order chi connectivity index (χ1) is 9.22. The molecule has 0 saturated carbocycles. The molecule has 1 aromatic heterocycles. The Kier molecular flexibility index (Phi) is 3.40. The number of H-pyrrole nitrogens is 1. The first-order valence-corrected chi connectivity index (χ1v) is 6.81. The van der Waals surface area contributed by atoms with Crippen LogP contribution in [0.3, 0.4) is 0 Å². The molecule has 4 N–H and O–H groups in total. The van der Waals surface area contributed by atoms with E-state index in [0.717, 1.165) is 30.6 Å². The third-order valence-electron chi connectivity index (χ3n) is 3.92. The summed E-state index contributed by atoms with van der Waals surface area (Å²) in [7, 11) is 0. The lowest BCUT2D eigenvalue weighted by Gasteiger charge is -2.25. The summed E-state index contributed by atoms with van der Waals surface area (Å²) in [6.45, 7) is 2.17. The SMILES string of the molecule is NC(CC1CCNCC1)c1ccc2[nH]c(=O)oc2c1. The minimum absolute atomic E-state index is 0.00713. The first-order valence-electron chi connectivity index (χ1n) is 6.81. The van der Waals surface area contributed by atoms with Crippen LogP contribution in [-0.4, -0.2) is 18.1 Å². The Morgan fingerprint density at radius 2 is 2.16 bits per heavy atom. The standard InChI is InChI=1S/C14H19N3O2/c15-11(7-9-3-5-16-6-4-9)10-1-2-12-13(8-10)19-14(18)17-12/h1-2,8-9,11,16H,3-7,15H2,(H,17,18). The van der Waals surface area contributed by atoms with Gasteiger partial charge in [0.25, 0.3) is 0 Å². The van der Waals surface area contributed by atoms with Crippen LogP contribution in [-0.2, 0) is 0 Å². The van der Waals surface area contributed by atoms with Crippen molar-refractivity contribution in [3.05, 3.63) is 34.3 Å². The Hall–Kier alpha value is -1.59. The van der Waals surface area contributed by atoms with Gasteiger partial charge in [-0.25, -0.2) is 4.79 Å². The molecule has 102 valence electrons. The van der Waals surface area contributed by atoms with Crippen LogP contribution in [0.15, 0.2) is 27.4 Å². The summed E-state index contributed by atoms with van der Waals surface area (Å²) in [6, 6.07) is 5.71. The molecule has 1 aromatic carbocycles. The van der Waals surface area contributed by atoms with Gasteiger partial charge in [-0.2, -0.15) is 0 Å². The number of oxazole rings is 1. The summed E-state index contributed by atoms with van der Waals surface area (Å²) in [5.74, 6) is 0.268. The van der Waals surface area contributed by atoms with Crippen LogP contribution < -0.4 is 16.8 Å². The second-order valence-corrected chi connectivity index (χ2v) is 5.31. The van der Waals surface area contributed by atoms with Crippen LogP contribution in [0.25, 0.3) is 11.1 Å². The molecule has 1 aliphatic rings. The lowest BCUT2D eigenvalue weighted by molar-refractivity contribution is 0.333. The summed E-state index contributed by atoms with van der Waals surface area (Å²) in [5, 5.41) is 3.36. The van der Waals surface area contributed by atoms with Gasteiger partial charge in [0.1, 0.15) is 0 Å². The number of aromatic amines is 1. The smallest absolute Gasteiger partial charge is 0.408 e. The molecule has 19 heavy (non-hydrogen) atoms. The Bertz CT molecular complexity index is 610. The minimum Gasteiger partial charge on any atom is -0.408 e. The van der Waals surface area contributed by atoms with Gasteiger partial charge < -0.3 is 15.5 Å². The fourth-order valence-corrected chi connectivity index (χ4v) is 2.81. The molecule has 5 heteroatoms. The van der Waals surface area contributed by atoms with Crippen molar-refractivity contribution in [2.24, 2.45) is 11.7 Å². The van der Waals surface area contributed by atoms with E-state index in [-0.39, 0.29) is 6.04 Å². The van der Waals surface area contributed by atoms with Gasteiger partial charge in [0.05, 0.1) is 5.52 Å². The molecule has 1 fully saturated rings. The Morgan fingerprint density at radius 3 is 2.95 bits per heavy atom. The quantitative estimate of drug-likeness (QED) is 0.782. The second kappa shape index (κ2) is 5.19. The third-order valence-corrected chi connectivity index (χ3v) is 3.92. The third kappa shape index (κ3) is 2.72. The number of fused-ring (bicyclic) bond motifs is 1. The minimum atomic E-state index is -0.418. The van der Waals surface area contributed by atoms with Crippen molar-refractivity contribution in [1.82, 2.24) is 10.3 Å². The zero-order chi connectivity index (χ0) is 13.2. The van der Waals surface area contributed by atoms with Gasteiger partial charge >= 0.3 is 5.76 Å². The second-order valence-electron chi connectivity index (χ2n) is 5.31. The van der Waals surface area contributed by atoms with E-state index < -0.39 is 5.76 Å². The maximum Gasteiger partial charge on any atom is 0.417 e. The van der Waals surface area contributed by atoms with Crippen molar-refractivity contribution in [3.8, 4) is 0 Å². The van der Waals surface area contributed by atoms with Crippen molar-refractivity contribution in [1.29, 1.82) is 0 Å². The molecule has 1 atom stereocenters. The molecule has 1 aliphatic heterocycles. The highest BCUT2D eigenvalue weighted by Crippen LogP contribution is 2.26. The van der Waals surface area contributed by atoms with Crippen molar-refractivity contribution in [3.63, 3.8) is 0 Å². The predicted molar refractivity (Wildman–Crippen MR) is 74.0 cm³/mol. The summed E-state index contributed by atoms with van der Waals surface area (Å²) >= 11 is 0. The van der Waals surface area contributed by atoms with Gasteiger partial charge in [-0.05, 0) is 56.0 Å². The van der Waals surface area contributed by atoms with Gasteiger partial charge in [0.2, 0.25) is 0 Å². The average Bonchev–Trinajstić information content (AvgIpc) is 2.78. The number of hydrogen-bond donors (Lipinski definition) is 3. The molecular formula is C14H19N3O2. The van der Waals surface area contributed by atoms with Crippen LogP contribution in [0.5, 0.6) is 0 Å². The fraction of sp³-hybridized carbons (Fsp3) is 0.500. The summed E-state index contributed by atoms with van der Waals surface area (Å²) < 4.78 is 5.07. The largest absolute Gasteiger partial charge is 0.417 e. The number of hydrogen-bond acceptors (Lipinski definition) is 4. The number of rotatable bonds is 3. The van der Waals surface area contributed by atoms with Crippen LogP contribution in [0.4, 0.5) is 0 Å². The molecule has 5 nitrogen and oxygen atoms in total. The van der Waals surface area contributed by atoms with Crippen molar-refractivity contribution in [2.45, 2.75) is 25.3 Å². The predicted octanol–water partition coefficient (Wildman–Crippen LogP) is 1.51. The highest BCUT2D eigenvalue weighted by atomic mass is 16.4. The summed E-state index contributed by atoms with van der Waals surface area (Å²) in [4.78, 5) is 13.8. The summed E-state index contributed by atoms with van der Waals surface area (Å²) in [5.41, 5.74) is 8.62. The molecule has 0 amide bonds. The lowest BCUT2D eigenvalue weighted by Crippen LogP contribution is -2.29. The fourth-order valence-electron chi connectivity index (χ4n) is 2.81. The van der Waals surface area contributed by atoms with E-state index in [9.17, 15) is 4.79 Å². The lowest BCUT2D eigenvalue weighted by atomic mass is 9.89. The van der Waals surface area contributed by atoms with E-state index >= 15 is 0 Å². The Labute approximate surface area is 111 Å². The zero-order valence-corrected chi connectivity index (χ0v) is 10.8. The highest BCUT2D eigenvalue weighted by Gasteiger charge is 2.18. The number of aromatic nitrogens is 1. The molecule has 2 heterocycles. The molecule has 0 radical (unpaired) electrons. The summed E-state index contributed by atoms with van der Waals surface area (Å²) in [6.07, 6.45) is 3.37. The van der Waals surface area contributed by atoms with Crippen molar-refractivity contribution < 1.29 is 4.42 Å². The molecule has 0 bridgehead atoms. The van der Waals surface area contributed by atoms with E-state index in [4.69, 9.17) is 10.2 Å². The normalized spacial score (nSPS) is 18.8. The molecule has 1 saturated heterocycles. The zero-order valence-electron chi connectivity index (χ0n) is 10.8. The van der Waals surface area contributed by atoms with E-state index in [1.165, 1.54) is 12.8 Å². The average molecular weight is 261 g/mol. The maximum absolute atomic E-state index is 11.1. The van der Waals surface area contributed by atoms with E-state index in [2.05, 4.69) is 10.3 Å². The monoisotopic (exact) mass is 261 g/mol. The van der Waals surface area contributed by atoms with Crippen LogP contribution in [0.1, 0.15) is 30.9 Å². The molecule has 1 unspecified atom stereocenters. The van der Waals surface area contributed by atoms with E-state index in [0.29, 0.717) is 11.5 Å². The van der Waals surface area contributed by atoms with Gasteiger partial charge in [-0.3, -0.25) is 4.98 Å². The molecular weight excluding hydrogens is 242 g/mol. The molecule has 0 aliphatic carbocycles. The molecule has 2 aromatic rings. The van der Waals surface area contributed by atoms with Gasteiger partial charge in [-0.15, -0.1) is 0 Å². The van der Waals surface area contributed by atoms with Gasteiger partial charge in [0.15, 0.2) is 5.58 Å². The number of nitrogens with one attached hydrogen (secondary N) is 2. The molecule has 0 spiro atoms. The number of nitrogens with two attached hydrogens (primary N) is 1.